The summed E-state index contributed by atoms with van der Waals surface area (Å²) in [4.78, 5) is 0. The maximum Gasteiger partial charge on any atom is 0.258 e. The highest BCUT2D eigenvalue weighted by Gasteiger charge is 2.49. The molecular formula is C24H36O2Si. The van der Waals surface area contributed by atoms with Crippen LogP contribution in [0.25, 0.3) is 0 Å². The number of ether oxygens (including phenoxy) is 1. The number of hydrogen-bond acceptors (Lipinski definition) is 2. The molecule has 1 aliphatic carbocycles. The first-order valence-corrected chi connectivity index (χ1v) is 12.7. The van der Waals surface area contributed by atoms with Gasteiger partial charge in [-0.3, -0.25) is 0 Å². The summed E-state index contributed by atoms with van der Waals surface area (Å²) in [5, 5.41) is 0. The van der Waals surface area contributed by atoms with Crippen LogP contribution >= 0.6 is 0 Å². The molecule has 0 spiro atoms. The van der Waals surface area contributed by atoms with Crippen molar-refractivity contribution in [3.05, 3.63) is 59.4 Å². The van der Waals surface area contributed by atoms with Crippen LogP contribution in [0.2, 0.25) is 16.6 Å². The van der Waals surface area contributed by atoms with E-state index >= 15 is 0 Å². The maximum absolute atomic E-state index is 7.18. The molecule has 1 aromatic rings. The summed E-state index contributed by atoms with van der Waals surface area (Å²) in [6.07, 6.45) is 4.97. The Hall–Kier alpha value is -1.32. The largest absolute Gasteiger partial charge is 0.545 e. The van der Waals surface area contributed by atoms with Gasteiger partial charge in [-0.2, -0.15) is 0 Å². The molecule has 0 unspecified atom stereocenters. The fourth-order valence-corrected chi connectivity index (χ4v) is 10.7. The Morgan fingerprint density at radius 3 is 2.07 bits per heavy atom. The highest BCUT2D eigenvalue weighted by molar-refractivity contribution is 6.77. The number of fused-ring (bicyclic) bond motifs is 1. The van der Waals surface area contributed by atoms with Crippen molar-refractivity contribution in [1.82, 2.24) is 0 Å². The number of rotatable bonds is 6. The molecule has 27 heavy (non-hydrogen) atoms. The normalized spacial score (nSPS) is 25.6. The van der Waals surface area contributed by atoms with Gasteiger partial charge in [-0.1, -0.05) is 78.0 Å². The van der Waals surface area contributed by atoms with Gasteiger partial charge in [-0.15, -0.1) is 0 Å². The van der Waals surface area contributed by atoms with Crippen molar-refractivity contribution in [2.24, 2.45) is 5.92 Å². The summed E-state index contributed by atoms with van der Waals surface area (Å²) in [5.74, 6) is 1.74. The summed E-state index contributed by atoms with van der Waals surface area (Å²) in [5.41, 5.74) is 4.43. The van der Waals surface area contributed by atoms with Gasteiger partial charge in [0.15, 0.2) is 0 Å². The molecular weight excluding hydrogens is 348 g/mol. The molecule has 1 aromatic carbocycles. The lowest BCUT2D eigenvalue weighted by Gasteiger charge is -2.45. The summed E-state index contributed by atoms with van der Waals surface area (Å²) < 4.78 is 13.2. The van der Waals surface area contributed by atoms with Gasteiger partial charge in [0.2, 0.25) is 0 Å². The van der Waals surface area contributed by atoms with E-state index in [2.05, 4.69) is 91.0 Å². The SMILES string of the molecule is CC(C)[Si](OC1=C[C@H](c2ccccc2)C=C2CO[C@H](C)[C@H]21)(C(C)C)C(C)C. The molecule has 0 aromatic heterocycles. The zero-order chi connectivity index (χ0) is 19.8. The molecule has 0 N–H and O–H groups in total. The average molecular weight is 385 g/mol. The molecule has 0 saturated carbocycles. The van der Waals surface area contributed by atoms with Crippen molar-refractivity contribution in [1.29, 1.82) is 0 Å². The standard InChI is InChI=1S/C24H36O2Si/c1-16(2)27(17(3)4,18(5)6)26-23-14-21(20-11-9-8-10-12-20)13-22-15-25-19(7)24(22)23/h8-14,16-19,21,24H,15H2,1-7H3/t19-,21-,24-/m1/s1. The second kappa shape index (κ2) is 7.96. The Bertz CT molecular complexity index is 681. The van der Waals surface area contributed by atoms with Crippen LogP contribution in [0.15, 0.2) is 53.8 Å². The topological polar surface area (TPSA) is 18.5 Å². The van der Waals surface area contributed by atoms with E-state index in [1.54, 1.807) is 0 Å². The highest BCUT2D eigenvalue weighted by Crippen LogP contribution is 2.48. The summed E-state index contributed by atoms with van der Waals surface area (Å²) in [6, 6.07) is 10.8. The van der Waals surface area contributed by atoms with Crippen LogP contribution < -0.4 is 0 Å². The van der Waals surface area contributed by atoms with Gasteiger partial charge >= 0.3 is 0 Å². The van der Waals surface area contributed by atoms with E-state index in [-0.39, 0.29) is 17.9 Å². The predicted molar refractivity (Wildman–Crippen MR) is 116 cm³/mol. The van der Waals surface area contributed by atoms with Gasteiger partial charge in [0.1, 0.15) is 0 Å². The third-order valence-corrected chi connectivity index (χ3v) is 12.6. The van der Waals surface area contributed by atoms with Crippen LogP contribution in [0.3, 0.4) is 0 Å². The molecule has 3 atom stereocenters. The molecule has 1 saturated heterocycles. The zero-order valence-electron chi connectivity index (χ0n) is 18.0. The van der Waals surface area contributed by atoms with Crippen LogP contribution in [0.4, 0.5) is 0 Å². The van der Waals surface area contributed by atoms with Crippen molar-refractivity contribution >= 4 is 8.32 Å². The molecule has 0 bridgehead atoms. The van der Waals surface area contributed by atoms with Crippen LogP contribution in [0.1, 0.15) is 59.9 Å². The van der Waals surface area contributed by atoms with Crippen LogP contribution in [-0.2, 0) is 9.16 Å². The first-order valence-electron chi connectivity index (χ1n) is 10.5. The number of hydrogen-bond donors (Lipinski definition) is 0. The smallest absolute Gasteiger partial charge is 0.258 e. The predicted octanol–water partition coefficient (Wildman–Crippen LogP) is 6.82. The summed E-state index contributed by atoms with van der Waals surface area (Å²) in [6.45, 7) is 17.1. The molecule has 3 rings (SSSR count). The first kappa shape index (κ1) is 20.4. The lowest BCUT2D eigenvalue weighted by atomic mass is 9.83. The van der Waals surface area contributed by atoms with E-state index in [1.807, 2.05) is 0 Å². The van der Waals surface area contributed by atoms with Crippen molar-refractivity contribution in [3.8, 4) is 0 Å². The van der Waals surface area contributed by atoms with Gasteiger partial charge in [-0.05, 0) is 40.8 Å². The molecule has 148 valence electrons. The van der Waals surface area contributed by atoms with E-state index in [0.29, 0.717) is 16.6 Å². The van der Waals surface area contributed by atoms with E-state index < -0.39 is 8.32 Å². The van der Waals surface area contributed by atoms with Crippen molar-refractivity contribution in [2.75, 3.05) is 6.61 Å². The Morgan fingerprint density at radius 2 is 1.52 bits per heavy atom. The average Bonchev–Trinajstić information content (AvgIpc) is 3.00. The zero-order valence-corrected chi connectivity index (χ0v) is 19.0. The molecule has 1 heterocycles. The molecule has 0 amide bonds. The van der Waals surface area contributed by atoms with Crippen molar-refractivity contribution in [2.45, 2.75) is 77.1 Å². The Kier molecular flexibility index (Phi) is 6.02. The minimum absolute atomic E-state index is 0.192. The van der Waals surface area contributed by atoms with Gasteiger partial charge < -0.3 is 9.16 Å². The minimum atomic E-state index is -1.99. The number of allylic oxidation sites excluding steroid dienone is 2. The fraction of sp³-hybridized carbons (Fsp3) is 0.583. The van der Waals surface area contributed by atoms with Gasteiger partial charge in [0.25, 0.3) is 8.32 Å². The molecule has 1 fully saturated rings. The maximum atomic E-state index is 7.18. The monoisotopic (exact) mass is 384 g/mol. The summed E-state index contributed by atoms with van der Waals surface area (Å²) in [7, 11) is -1.99. The Labute approximate surface area is 166 Å². The van der Waals surface area contributed by atoms with Gasteiger partial charge in [0, 0.05) is 5.92 Å². The second-order valence-corrected chi connectivity index (χ2v) is 14.5. The number of benzene rings is 1. The van der Waals surface area contributed by atoms with Gasteiger partial charge in [-0.25, -0.2) is 0 Å². The fourth-order valence-electron chi connectivity index (χ4n) is 5.36. The minimum Gasteiger partial charge on any atom is -0.545 e. The van der Waals surface area contributed by atoms with Crippen LogP contribution in [-0.4, -0.2) is 21.0 Å². The third-order valence-electron chi connectivity index (χ3n) is 6.61. The van der Waals surface area contributed by atoms with E-state index in [1.165, 1.54) is 16.9 Å². The lowest BCUT2D eigenvalue weighted by molar-refractivity contribution is 0.104. The lowest BCUT2D eigenvalue weighted by Crippen LogP contribution is -2.48. The molecule has 0 radical (unpaired) electrons. The highest BCUT2D eigenvalue weighted by atomic mass is 28.4. The molecule has 3 heteroatoms. The van der Waals surface area contributed by atoms with E-state index in [9.17, 15) is 0 Å². The third kappa shape index (κ3) is 3.69. The Balaban J connectivity index is 2.03. The molecule has 2 nitrogen and oxygen atoms in total. The van der Waals surface area contributed by atoms with E-state index in [0.717, 1.165) is 6.61 Å². The van der Waals surface area contributed by atoms with Gasteiger partial charge in [0.05, 0.1) is 24.4 Å². The van der Waals surface area contributed by atoms with Crippen molar-refractivity contribution < 1.29 is 9.16 Å². The van der Waals surface area contributed by atoms with Crippen LogP contribution in [0, 0.1) is 5.92 Å². The first-order chi connectivity index (χ1) is 12.8. The van der Waals surface area contributed by atoms with Crippen LogP contribution in [0.5, 0.6) is 0 Å². The molecule has 2 aliphatic rings. The van der Waals surface area contributed by atoms with E-state index in [4.69, 9.17) is 9.16 Å². The second-order valence-electron chi connectivity index (χ2n) is 9.16. The summed E-state index contributed by atoms with van der Waals surface area (Å²) >= 11 is 0. The Morgan fingerprint density at radius 1 is 0.926 bits per heavy atom. The quantitative estimate of drug-likeness (QED) is 0.396. The molecule has 1 aliphatic heterocycles. The van der Waals surface area contributed by atoms with Crippen molar-refractivity contribution in [3.63, 3.8) is 0 Å².